The van der Waals surface area contributed by atoms with Crippen LogP contribution in [0.3, 0.4) is 0 Å². The molecule has 0 aliphatic rings. The molecule has 1 unspecified atom stereocenters. The fourth-order valence-corrected chi connectivity index (χ4v) is 1.73. The summed E-state index contributed by atoms with van der Waals surface area (Å²) in [4.78, 5) is 0. The lowest BCUT2D eigenvalue weighted by Crippen LogP contribution is -2.22. The molecule has 0 radical (unpaired) electrons. The minimum Gasteiger partial charge on any atom is -0.474 e. The topological polar surface area (TPSA) is 47.0 Å². The zero-order valence-electron chi connectivity index (χ0n) is 12.1. The van der Waals surface area contributed by atoms with Crippen molar-refractivity contribution in [3.05, 3.63) is 17.8 Å². The van der Waals surface area contributed by atoms with Crippen LogP contribution in [-0.2, 0) is 6.54 Å². The van der Waals surface area contributed by atoms with Crippen molar-refractivity contribution in [2.24, 2.45) is 5.92 Å². The molecule has 1 heterocycles. The normalized spacial score (nSPS) is 13.1. The highest BCUT2D eigenvalue weighted by Gasteiger charge is 2.08. The Labute approximate surface area is 110 Å². The molecule has 0 aromatic carbocycles. The van der Waals surface area contributed by atoms with Crippen molar-refractivity contribution in [1.29, 1.82) is 0 Å². The number of hydrogen-bond acceptors (Lipinski definition) is 4. The van der Waals surface area contributed by atoms with Crippen molar-refractivity contribution < 1.29 is 4.74 Å². The maximum absolute atomic E-state index is 5.71. The van der Waals surface area contributed by atoms with E-state index < -0.39 is 0 Å². The Kier molecular flexibility index (Phi) is 6.05. The molecule has 102 valence electrons. The Balaban J connectivity index is 2.44. The van der Waals surface area contributed by atoms with E-state index in [1.165, 1.54) is 0 Å². The van der Waals surface area contributed by atoms with Gasteiger partial charge in [-0.3, -0.25) is 0 Å². The summed E-state index contributed by atoms with van der Waals surface area (Å²) in [5, 5.41) is 11.5. The van der Waals surface area contributed by atoms with Crippen LogP contribution in [0.2, 0.25) is 0 Å². The first-order valence-electron chi connectivity index (χ1n) is 6.70. The lowest BCUT2D eigenvalue weighted by atomic mass is 10.1. The Morgan fingerprint density at radius 1 is 1.11 bits per heavy atom. The molecule has 0 fully saturated rings. The third kappa shape index (κ3) is 5.96. The van der Waals surface area contributed by atoms with E-state index in [0.29, 0.717) is 17.8 Å². The van der Waals surface area contributed by atoms with Gasteiger partial charge >= 0.3 is 0 Å². The zero-order valence-corrected chi connectivity index (χ0v) is 12.1. The maximum atomic E-state index is 5.71. The number of ether oxygens (including phenoxy) is 1. The average Bonchev–Trinajstić information content (AvgIpc) is 2.26. The van der Waals surface area contributed by atoms with E-state index in [-0.39, 0.29) is 6.10 Å². The van der Waals surface area contributed by atoms with Gasteiger partial charge in [-0.2, -0.15) is 5.10 Å². The number of aromatic nitrogens is 2. The lowest BCUT2D eigenvalue weighted by Gasteiger charge is -2.15. The monoisotopic (exact) mass is 251 g/mol. The van der Waals surface area contributed by atoms with Gasteiger partial charge in [0.05, 0.1) is 11.8 Å². The van der Waals surface area contributed by atoms with Gasteiger partial charge in [0, 0.05) is 18.7 Å². The fraction of sp³-hybridized carbons (Fsp3) is 0.714. The quantitative estimate of drug-likeness (QED) is 0.809. The van der Waals surface area contributed by atoms with Gasteiger partial charge in [0.15, 0.2) is 0 Å². The predicted molar refractivity (Wildman–Crippen MR) is 73.6 cm³/mol. The van der Waals surface area contributed by atoms with Crippen LogP contribution in [0.1, 0.15) is 46.7 Å². The standard InChI is InChI=1S/C14H25N3O/c1-10(2)8-12(5)18-14-7-6-13(16-17-14)9-15-11(3)4/h6-7,10-12,15H,8-9H2,1-5H3. The van der Waals surface area contributed by atoms with Gasteiger partial charge < -0.3 is 10.1 Å². The van der Waals surface area contributed by atoms with Crippen molar-refractivity contribution in [3.8, 4) is 5.88 Å². The van der Waals surface area contributed by atoms with E-state index in [4.69, 9.17) is 4.74 Å². The van der Waals surface area contributed by atoms with Gasteiger partial charge in [0.1, 0.15) is 0 Å². The van der Waals surface area contributed by atoms with E-state index in [1.54, 1.807) is 0 Å². The predicted octanol–water partition coefficient (Wildman–Crippen LogP) is 2.79. The first kappa shape index (κ1) is 14.9. The van der Waals surface area contributed by atoms with E-state index in [0.717, 1.165) is 18.7 Å². The van der Waals surface area contributed by atoms with Crippen molar-refractivity contribution in [2.45, 2.75) is 59.7 Å². The number of nitrogens with one attached hydrogen (secondary N) is 1. The Morgan fingerprint density at radius 3 is 2.33 bits per heavy atom. The molecule has 0 aliphatic heterocycles. The molecule has 1 rings (SSSR count). The SMILES string of the molecule is CC(C)CC(C)Oc1ccc(CNC(C)C)nn1. The van der Waals surface area contributed by atoms with Gasteiger partial charge in [0.25, 0.3) is 0 Å². The van der Waals surface area contributed by atoms with E-state index >= 15 is 0 Å². The number of rotatable bonds is 7. The van der Waals surface area contributed by atoms with Crippen LogP contribution in [0.5, 0.6) is 5.88 Å². The molecule has 1 aromatic rings. The van der Waals surface area contributed by atoms with Gasteiger partial charge in [0.2, 0.25) is 5.88 Å². The fourth-order valence-electron chi connectivity index (χ4n) is 1.73. The van der Waals surface area contributed by atoms with Gasteiger partial charge in [-0.25, -0.2) is 0 Å². The van der Waals surface area contributed by atoms with E-state index in [2.05, 4.69) is 50.1 Å². The summed E-state index contributed by atoms with van der Waals surface area (Å²) in [6.07, 6.45) is 1.21. The first-order chi connectivity index (χ1) is 8.47. The Bertz CT molecular complexity index is 335. The Morgan fingerprint density at radius 2 is 1.83 bits per heavy atom. The smallest absolute Gasteiger partial charge is 0.233 e. The zero-order chi connectivity index (χ0) is 13.5. The largest absolute Gasteiger partial charge is 0.474 e. The molecule has 4 nitrogen and oxygen atoms in total. The molecule has 18 heavy (non-hydrogen) atoms. The van der Waals surface area contributed by atoms with Gasteiger partial charge in [-0.15, -0.1) is 5.10 Å². The van der Waals surface area contributed by atoms with Crippen LogP contribution in [0, 0.1) is 5.92 Å². The van der Waals surface area contributed by atoms with E-state index in [9.17, 15) is 0 Å². The van der Waals surface area contributed by atoms with Crippen LogP contribution in [0.15, 0.2) is 12.1 Å². The van der Waals surface area contributed by atoms with Crippen molar-refractivity contribution in [2.75, 3.05) is 0 Å². The third-order valence-electron chi connectivity index (χ3n) is 2.51. The second-order valence-electron chi connectivity index (χ2n) is 5.46. The van der Waals surface area contributed by atoms with Crippen LogP contribution in [0.4, 0.5) is 0 Å². The summed E-state index contributed by atoms with van der Waals surface area (Å²) in [5.41, 5.74) is 0.938. The first-order valence-corrected chi connectivity index (χ1v) is 6.70. The highest BCUT2D eigenvalue weighted by atomic mass is 16.5. The molecule has 1 atom stereocenters. The molecule has 0 saturated carbocycles. The molecule has 0 aliphatic carbocycles. The van der Waals surface area contributed by atoms with Crippen LogP contribution >= 0.6 is 0 Å². The summed E-state index contributed by atoms with van der Waals surface area (Å²) in [6.45, 7) is 11.4. The van der Waals surface area contributed by atoms with Gasteiger partial charge in [-0.1, -0.05) is 27.7 Å². The summed E-state index contributed by atoms with van der Waals surface area (Å²) in [7, 11) is 0. The summed E-state index contributed by atoms with van der Waals surface area (Å²) in [6, 6.07) is 4.30. The van der Waals surface area contributed by atoms with Crippen molar-refractivity contribution in [1.82, 2.24) is 15.5 Å². The molecule has 1 N–H and O–H groups in total. The molecule has 0 bridgehead atoms. The minimum absolute atomic E-state index is 0.180. The van der Waals surface area contributed by atoms with E-state index in [1.807, 2.05) is 12.1 Å². The summed E-state index contributed by atoms with van der Waals surface area (Å²) >= 11 is 0. The molecular weight excluding hydrogens is 226 g/mol. The highest BCUT2D eigenvalue weighted by molar-refractivity contribution is 5.11. The maximum Gasteiger partial charge on any atom is 0.233 e. The third-order valence-corrected chi connectivity index (χ3v) is 2.51. The summed E-state index contributed by atoms with van der Waals surface area (Å²) < 4.78 is 5.71. The molecule has 1 aromatic heterocycles. The number of nitrogens with zero attached hydrogens (tertiary/aromatic N) is 2. The molecule has 0 amide bonds. The molecule has 0 saturated heterocycles. The van der Waals surface area contributed by atoms with Gasteiger partial charge in [-0.05, 0) is 25.3 Å². The lowest BCUT2D eigenvalue weighted by molar-refractivity contribution is 0.183. The second kappa shape index (κ2) is 7.31. The number of hydrogen-bond donors (Lipinski definition) is 1. The van der Waals surface area contributed by atoms with Crippen molar-refractivity contribution in [3.63, 3.8) is 0 Å². The summed E-state index contributed by atoms with van der Waals surface area (Å²) in [5.74, 6) is 1.24. The highest BCUT2D eigenvalue weighted by Crippen LogP contribution is 2.12. The Hall–Kier alpha value is -1.16. The molecular formula is C14H25N3O. The average molecular weight is 251 g/mol. The molecule has 0 spiro atoms. The second-order valence-corrected chi connectivity index (χ2v) is 5.46. The minimum atomic E-state index is 0.180. The van der Waals surface area contributed by atoms with Crippen LogP contribution < -0.4 is 10.1 Å². The molecule has 4 heteroatoms. The van der Waals surface area contributed by atoms with Crippen LogP contribution in [-0.4, -0.2) is 22.3 Å². The van der Waals surface area contributed by atoms with Crippen LogP contribution in [0.25, 0.3) is 0 Å². The van der Waals surface area contributed by atoms with Crippen molar-refractivity contribution >= 4 is 0 Å².